The Morgan fingerprint density at radius 3 is 2.38 bits per heavy atom. The minimum atomic E-state index is -0.0634. The lowest BCUT2D eigenvalue weighted by Gasteiger charge is -2.35. The van der Waals surface area contributed by atoms with Crippen LogP contribution in [-0.2, 0) is 4.79 Å². The third kappa shape index (κ3) is 6.00. The number of rotatable bonds is 9. The molecule has 6 heteroatoms. The molecule has 144 valence electrons. The van der Waals surface area contributed by atoms with Crippen molar-refractivity contribution in [2.24, 2.45) is 0 Å². The Morgan fingerprint density at radius 1 is 1.04 bits per heavy atom. The predicted molar refractivity (Wildman–Crippen MR) is 104 cm³/mol. The third-order valence-electron chi connectivity index (χ3n) is 4.78. The van der Waals surface area contributed by atoms with Gasteiger partial charge in [0.15, 0.2) is 0 Å². The number of carbonyl (C=O) groups is 2. The Hall–Kier alpha value is -2.11. The number of piperazine rings is 1. The number of aromatic nitrogens is 1. The van der Waals surface area contributed by atoms with Gasteiger partial charge in [-0.3, -0.25) is 9.59 Å². The van der Waals surface area contributed by atoms with Gasteiger partial charge in [-0.1, -0.05) is 33.1 Å². The lowest BCUT2D eigenvalue weighted by Crippen LogP contribution is -2.49. The van der Waals surface area contributed by atoms with Gasteiger partial charge >= 0.3 is 0 Å². The van der Waals surface area contributed by atoms with Gasteiger partial charge in [-0.2, -0.15) is 0 Å². The first kappa shape index (κ1) is 20.2. The minimum absolute atomic E-state index is 0.0634. The molecule has 1 fully saturated rings. The predicted octanol–water partition coefficient (Wildman–Crippen LogP) is 2.84. The van der Waals surface area contributed by atoms with Crippen molar-refractivity contribution < 1.29 is 9.59 Å². The first-order valence-corrected chi connectivity index (χ1v) is 9.92. The van der Waals surface area contributed by atoms with Gasteiger partial charge in [0.2, 0.25) is 5.91 Å². The first-order chi connectivity index (χ1) is 12.7. The highest BCUT2D eigenvalue weighted by Gasteiger charge is 2.21. The van der Waals surface area contributed by atoms with Crippen LogP contribution in [0.2, 0.25) is 0 Å². The van der Waals surface area contributed by atoms with Gasteiger partial charge in [-0.05, 0) is 25.0 Å². The summed E-state index contributed by atoms with van der Waals surface area (Å²) in [6, 6.07) is 3.73. The van der Waals surface area contributed by atoms with E-state index in [9.17, 15) is 9.59 Å². The van der Waals surface area contributed by atoms with Crippen LogP contribution in [-0.4, -0.2) is 54.4 Å². The van der Waals surface area contributed by atoms with E-state index in [0.29, 0.717) is 18.5 Å². The molecule has 1 N–H and O–H groups in total. The van der Waals surface area contributed by atoms with Crippen LogP contribution in [0.1, 0.15) is 62.7 Å². The van der Waals surface area contributed by atoms with Gasteiger partial charge in [0.05, 0.1) is 5.56 Å². The van der Waals surface area contributed by atoms with Crippen LogP contribution in [0.4, 0.5) is 5.82 Å². The number of amides is 2. The molecule has 0 aromatic carbocycles. The van der Waals surface area contributed by atoms with E-state index in [1.165, 1.54) is 0 Å². The van der Waals surface area contributed by atoms with Crippen LogP contribution in [0, 0.1) is 0 Å². The average Bonchev–Trinajstić information content (AvgIpc) is 2.69. The quantitative estimate of drug-likeness (QED) is 0.688. The summed E-state index contributed by atoms with van der Waals surface area (Å²) < 4.78 is 0. The van der Waals surface area contributed by atoms with Crippen molar-refractivity contribution in [1.29, 1.82) is 0 Å². The fourth-order valence-electron chi connectivity index (χ4n) is 3.06. The Bertz CT molecular complexity index is 566. The van der Waals surface area contributed by atoms with E-state index in [2.05, 4.69) is 29.0 Å². The Kier molecular flexibility index (Phi) is 8.38. The number of hydrogen-bond acceptors (Lipinski definition) is 4. The van der Waals surface area contributed by atoms with E-state index < -0.39 is 0 Å². The van der Waals surface area contributed by atoms with Crippen LogP contribution < -0.4 is 10.2 Å². The summed E-state index contributed by atoms with van der Waals surface area (Å²) in [5.41, 5.74) is 0.596. The maximum Gasteiger partial charge on any atom is 0.252 e. The number of nitrogens with one attached hydrogen (secondary N) is 1. The molecule has 0 saturated carbocycles. The lowest BCUT2D eigenvalue weighted by molar-refractivity contribution is -0.131. The number of carbonyl (C=O) groups excluding carboxylic acids is 2. The standard InChI is InChI=1S/C20H32N4O2/c1-3-5-7-11-21-20(26)17-9-10-18(22-16-17)23-12-14-24(15-13-23)19(25)8-6-4-2/h9-10,16H,3-8,11-15H2,1-2H3,(H,21,26). The van der Waals surface area contributed by atoms with E-state index in [1.807, 2.05) is 17.0 Å². The number of unbranched alkanes of at least 4 members (excludes halogenated alkanes) is 3. The van der Waals surface area contributed by atoms with Gasteiger partial charge in [-0.25, -0.2) is 4.98 Å². The smallest absolute Gasteiger partial charge is 0.252 e. The molecule has 2 rings (SSSR count). The highest BCUT2D eigenvalue weighted by molar-refractivity contribution is 5.94. The molecule has 2 amide bonds. The summed E-state index contributed by atoms with van der Waals surface area (Å²) in [6.45, 7) is 8.01. The highest BCUT2D eigenvalue weighted by atomic mass is 16.2. The fourth-order valence-corrected chi connectivity index (χ4v) is 3.06. The van der Waals surface area contributed by atoms with E-state index in [-0.39, 0.29) is 11.8 Å². The molecule has 1 aromatic rings. The molecule has 0 radical (unpaired) electrons. The van der Waals surface area contributed by atoms with Crippen molar-refractivity contribution in [1.82, 2.24) is 15.2 Å². The van der Waals surface area contributed by atoms with Crippen molar-refractivity contribution in [2.45, 2.75) is 52.4 Å². The van der Waals surface area contributed by atoms with Crippen molar-refractivity contribution in [3.05, 3.63) is 23.9 Å². The largest absolute Gasteiger partial charge is 0.353 e. The van der Waals surface area contributed by atoms with E-state index in [0.717, 1.165) is 64.1 Å². The van der Waals surface area contributed by atoms with Crippen molar-refractivity contribution in [3.8, 4) is 0 Å². The van der Waals surface area contributed by atoms with Gasteiger partial charge in [-0.15, -0.1) is 0 Å². The van der Waals surface area contributed by atoms with Crippen LogP contribution in [0.15, 0.2) is 18.3 Å². The summed E-state index contributed by atoms with van der Waals surface area (Å²) in [4.78, 5) is 32.8. The first-order valence-electron chi connectivity index (χ1n) is 9.92. The zero-order chi connectivity index (χ0) is 18.8. The molecular formula is C20H32N4O2. The molecule has 0 atom stereocenters. The number of pyridine rings is 1. The topological polar surface area (TPSA) is 65.5 Å². The molecule has 26 heavy (non-hydrogen) atoms. The molecule has 0 spiro atoms. The van der Waals surface area contributed by atoms with E-state index in [4.69, 9.17) is 0 Å². The fraction of sp³-hybridized carbons (Fsp3) is 0.650. The monoisotopic (exact) mass is 360 g/mol. The third-order valence-corrected chi connectivity index (χ3v) is 4.78. The van der Waals surface area contributed by atoms with Crippen LogP contribution in [0.3, 0.4) is 0 Å². The van der Waals surface area contributed by atoms with Gasteiger partial charge in [0, 0.05) is 45.3 Å². The summed E-state index contributed by atoms with van der Waals surface area (Å²) in [7, 11) is 0. The molecular weight excluding hydrogens is 328 g/mol. The second kappa shape index (κ2) is 10.8. The Labute approximate surface area is 157 Å². The normalized spacial score (nSPS) is 14.4. The molecule has 0 bridgehead atoms. The van der Waals surface area contributed by atoms with E-state index in [1.54, 1.807) is 6.20 Å². The zero-order valence-electron chi connectivity index (χ0n) is 16.2. The summed E-state index contributed by atoms with van der Waals surface area (Å²) in [5.74, 6) is 1.06. The van der Waals surface area contributed by atoms with Crippen LogP contribution >= 0.6 is 0 Å². The van der Waals surface area contributed by atoms with Gasteiger partial charge in [0.1, 0.15) is 5.82 Å². The van der Waals surface area contributed by atoms with Gasteiger partial charge < -0.3 is 15.1 Å². The summed E-state index contributed by atoms with van der Waals surface area (Å²) in [6.07, 6.45) is 7.58. The second-order valence-electron chi connectivity index (χ2n) is 6.84. The number of hydrogen-bond donors (Lipinski definition) is 1. The van der Waals surface area contributed by atoms with Crippen molar-refractivity contribution >= 4 is 17.6 Å². The minimum Gasteiger partial charge on any atom is -0.353 e. The van der Waals surface area contributed by atoms with E-state index >= 15 is 0 Å². The molecule has 2 heterocycles. The Morgan fingerprint density at radius 2 is 1.77 bits per heavy atom. The molecule has 0 unspecified atom stereocenters. The van der Waals surface area contributed by atoms with Gasteiger partial charge in [0.25, 0.3) is 5.91 Å². The average molecular weight is 361 g/mol. The number of anilines is 1. The molecule has 0 aliphatic carbocycles. The maximum atomic E-state index is 12.1. The Balaban J connectivity index is 1.80. The molecule has 1 aromatic heterocycles. The molecule has 1 aliphatic rings. The molecule has 6 nitrogen and oxygen atoms in total. The second-order valence-corrected chi connectivity index (χ2v) is 6.84. The van der Waals surface area contributed by atoms with Crippen LogP contribution in [0.5, 0.6) is 0 Å². The summed E-state index contributed by atoms with van der Waals surface area (Å²) >= 11 is 0. The van der Waals surface area contributed by atoms with Crippen molar-refractivity contribution in [2.75, 3.05) is 37.6 Å². The molecule has 1 saturated heterocycles. The summed E-state index contributed by atoms with van der Waals surface area (Å²) in [5, 5.41) is 2.93. The maximum absolute atomic E-state index is 12.1. The van der Waals surface area contributed by atoms with Crippen LogP contribution in [0.25, 0.3) is 0 Å². The van der Waals surface area contributed by atoms with Crippen molar-refractivity contribution in [3.63, 3.8) is 0 Å². The lowest BCUT2D eigenvalue weighted by atomic mass is 10.2. The zero-order valence-corrected chi connectivity index (χ0v) is 16.2. The molecule has 1 aliphatic heterocycles. The number of nitrogens with zero attached hydrogens (tertiary/aromatic N) is 3. The SMILES string of the molecule is CCCCCNC(=O)c1ccc(N2CCN(C(=O)CCCC)CC2)nc1. The highest BCUT2D eigenvalue weighted by Crippen LogP contribution is 2.15.